The second-order valence-electron chi connectivity index (χ2n) is 2.64. The number of alkyl halides is 3. The Bertz CT molecular complexity index is 333. The Hall–Kier alpha value is -0.900. The molecule has 0 radical (unpaired) electrons. The fraction of sp³-hybridized carbons (Fsp3) is 0.250. The normalized spacial score (nSPS) is 11.8. The van der Waals surface area contributed by atoms with Gasteiger partial charge in [0.05, 0.1) is 16.3 Å². The maximum Gasteiger partial charge on any atom is 0.416 e. The third kappa shape index (κ3) is 1.88. The number of halogens is 4. The molecule has 0 bridgehead atoms. The molecular formula is C8H7ClF3N. The van der Waals surface area contributed by atoms with E-state index in [1.54, 1.807) is 0 Å². The van der Waals surface area contributed by atoms with Crippen LogP contribution in [0.1, 0.15) is 11.1 Å². The molecule has 1 nitrogen and oxygen atoms in total. The molecule has 0 aliphatic rings. The highest BCUT2D eigenvalue weighted by Gasteiger charge is 2.33. The summed E-state index contributed by atoms with van der Waals surface area (Å²) >= 11 is 5.56. The van der Waals surface area contributed by atoms with E-state index in [1.807, 2.05) is 0 Å². The average molecular weight is 210 g/mol. The van der Waals surface area contributed by atoms with E-state index in [4.69, 9.17) is 17.3 Å². The Morgan fingerprint density at radius 2 is 1.85 bits per heavy atom. The second kappa shape index (κ2) is 3.10. The van der Waals surface area contributed by atoms with Gasteiger partial charge in [-0.05, 0) is 24.6 Å². The van der Waals surface area contributed by atoms with Crippen LogP contribution in [0.4, 0.5) is 18.9 Å². The Morgan fingerprint density at radius 3 is 2.31 bits per heavy atom. The minimum atomic E-state index is -4.37. The first-order chi connectivity index (χ1) is 5.84. The van der Waals surface area contributed by atoms with Crippen LogP contribution in [-0.2, 0) is 6.18 Å². The van der Waals surface area contributed by atoms with Gasteiger partial charge in [0.15, 0.2) is 0 Å². The van der Waals surface area contributed by atoms with Crippen molar-refractivity contribution in [2.24, 2.45) is 0 Å². The van der Waals surface area contributed by atoms with E-state index < -0.39 is 11.7 Å². The molecule has 5 heteroatoms. The van der Waals surface area contributed by atoms with Crippen molar-refractivity contribution in [1.29, 1.82) is 0 Å². The molecule has 0 aliphatic carbocycles. The molecule has 1 aromatic rings. The summed E-state index contributed by atoms with van der Waals surface area (Å²) in [7, 11) is 0. The summed E-state index contributed by atoms with van der Waals surface area (Å²) in [4.78, 5) is 0. The maximum absolute atomic E-state index is 12.3. The van der Waals surface area contributed by atoms with Crippen LogP contribution < -0.4 is 5.73 Å². The SMILES string of the molecule is Cc1c(C(F)(F)F)ccc(N)c1Cl. The summed E-state index contributed by atoms with van der Waals surface area (Å²) in [5.74, 6) is 0. The van der Waals surface area contributed by atoms with E-state index in [0.717, 1.165) is 12.1 Å². The zero-order valence-electron chi connectivity index (χ0n) is 6.74. The third-order valence-corrected chi connectivity index (χ3v) is 2.22. The quantitative estimate of drug-likeness (QED) is 0.652. The van der Waals surface area contributed by atoms with Crippen molar-refractivity contribution in [2.75, 3.05) is 5.73 Å². The number of anilines is 1. The average Bonchev–Trinajstić information content (AvgIpc) is 1.98. The van der Waals surface area contributed by atoms with E-state index in [-0.39, 0.29) is 16.3 Å². The van der Waals surface area contributed by atoms with Crippen molar-refractivity contribution in [3.8, 4) is 0 Å². The molecule has 72 valence electrons. The van der Waals surface area contributed by atoms with Crippen molar-refractivity contribution >= 4 is 17.3 Å². The van der Waals surface area contributed by atoms with Gasteiger partial charge in [-0.25, -0.2) is 0 Å². The fourth-order valence-electron chi connectivity index (χ4n) is 1.01. The van der Waals surface area contributed by atoms with Gasteiger partial charge >= 0.3 is 6.18 Å². The van der Waals surface area contributed by atoms with E-state index in [0.29, 0.717) is 0 Å². The molecule has 0 heterocycles. The van der Waals surface area contributed by atoms with Crippen LogP contribution >= 0.6 is 11.6 Å². The molecular weight excluding hydrogens is 203 g/mol. The predicted molar refractivity (Wildman–Crippen MR) is 45.6 cm³/mol. The fourth-order valence-corrected chi connectivity index (χ4v) is 1.18. The lowest BCUT2D eigenvalue weighted by Gasteiger charge is -2.12. The number of hydrogen-bond donors (Lipinski definition) is 1. The van der Waals surface area contributed by atoms with Crippen molar-refractivity contribution in [2.45, 2.75) is 13.1 Å². The van der Waals surface area contributed by atoms with Crippen molar-refractivity contribution in [3.05, 3.63) is 28.3 Å². The van der Waals surface area contributed by atoms with Crippen LogP contribution in [0.15, 0.2) is 12.1 Å². The van der Waals surface area contributed by atoms with E-state index in [9.17, 15) is 13.2 Å². The smallest absolute Gasteiger partial charge is 0.398 e. The number of hydrogen-bond acceptors (Lipinski definition) is 1. The monoisotopic (exact) mass is 209 g/mol. The van der Waals surface area contributed by atoms with E-state index in [1.165, 1.54) is 6.92 Å². The molecule has 0 aliphatic heterocycles. The molecule has 0 aromatic heterocycles. The summed E-state index contributed by atoms with van der Waals surface area (Å²) in [6, 6.07) is 2.08. The summed E-state index contributed by atoms with van der Waals surface area (Å²) in [6.45, 7) is 1.29. The highest BCUT2D eigenvalue weighted by molar-refractivity contribution is 6.33. The first-order valence-electron chi connectivity index (χ1n) is 3.46. The largest absolute Gasteiger partial charge is 0.416 e. The standard InChI is InChI=1S/C8H7ClF3N/c1-4-5(8(10,11)12)2-3-6(13)7(4)9/h2-3H,13H2,1H3. The lowest BCUT2D eigenvalue weighted by atomic mass is 10.1. The van der Waals surface area contributed by atoms with Gasteiger partial charge in [0, 0.05) is 0 Å². The molecule has 0 amide bonds. The lowest BCUT2D eigenvalue weighted by molar-refractivity contribution is -0.138. The molecule has 0 saturated carbocycles. The summed E-state index contributed by atoms with van der Waals surface area (Å²) in [5.41, 5.74) is 4.72. The van der Waals surface area contributed by atoms with Crippen LogP contribution in [0.2, 0.25) is 5.02 Å². The minimum Gasteiger partial charge on any atom is -0.398 e. The van der Waals surface area contributed by atoms with Crippen LogP contribution in [0, 0.1) is 6.92 Å². The summed E-state index contributed by atoms with van der Waals surface area (Å²) in [5, 5.41) is -0.0326. The van der Waals surface area contributed by atoms with Gasteiger partial charge in [-0.2, -0.15) is 13.2 Å². The zero-order chi connectivity index (χ0) is 10.2. The van der Waals surface area contributed by atoms with E-state index >= 15 is 0 Å². The molecule has 1 aromatic carbocycles. The maximum atomic E-state index is 12.3. The molecule has 2 N–H and O–H groups in total. The third-order valence-electron chi connectivity index (χ3n) is 1.72. The van der Waals surface area contributed by atoms with Crippen LogP contribution in [-0.4, -0.2) is 0 Å². The molecule has 0 unspecified atom stereocenters. The molecule has 0 saturated heterocycles. The summed E-state index contributed by atoms with van der Waals surface area (Å²) in [6.07, 6.45) is -4.37. The number of nitrogens with two attached hydrogens (primary N) is 1. The van der Waals surface area contributed by atoms with Crippen molar-refractivity contribution in [1.82, 2.24) is 0 Å². The Kier molecular flexibility index (Phi) is 2.43. The van der Waals surface area contributed by atoms with Gasteiger partial charge in [-0.15, -0.1) is 0 Å². The number of rotatable bonds is 0. The highest BCUT2D eigenvalue weighted by Crippen LogP contribution is 2.36. The first-order valence-corrected chi connectivity index (χ1v) is 3.83. The van der Waals surface area contributed by atoms with Gasteiger partial charge in [-0.1, -0.05) is 11.6 Å². The minimum absolute atomic E-state index is 0.0326. The molecule has 0 spiro atoms. The molecule has 1 rings (SSSR count). The van der Waals surface area contributed by atoms with Gasteiger partial charge in [-0.3, -0.25) is 0 Å². The van der Waals surface area contributed by atoms with Gasteiger partial charge < -0.3 is 5.73 Å². The van der Waals surface area contributed by atoms with Gasteiger partial charge in [0.1, 0.15) is 0 Å². The lowest BCUT2D eigenvalue weighted by Crippen LogP contribution is -2.08. The topological polar surface area (TPSA) is 26.0 Å². The van der Waals surface area contributed by atoms with Crippen molar-refractivity contribution < 1.29 is 13.2 Å². The summed E-state index contributed by atoms with van der Waals surface area (Å²) < 4.78 is 36.8. The highest BCUT2D eigenvalue weighted by atomic mass is 35.5. The number of nitrogen functional groups attached to an aromatic ring is 1. The van der Waals surface area contributed by atoms with E-state index in [2.05, 4.69) is 0 Å². The molecule has 0 atom stereocenters. The van der Waals surface area contributed by atoms with Crippen molar-refractivity contribution in [3.63, 3.8) is 0 Å². The number of benzene rings is 1. The molecule has 0 fully saturated rings. The molecule has 13 heavy (non-hydrogen) atoms. The Morgan fingerprint density at radius 1 is 1.31 bits per heavy atom. The predicted octanol–water partition coefficient (Wildman–Crippen LogP) is 3.25. The van der Waals surface area contributed by atoms with Crippen LogP contribution in [0.5, 0.6) is 0 Å². The zero-order valence-corrected chi connectivity index (χ0v) is 7.50. The second-order valence-corrected chi connectivity index (χ2v) is 3.02. The first kappa shape index (κ1) is 10.2. The van der Waals surface area contributed by atoms with Crippen LogP contribution in [0.25, 0.3) is 0 Å². The van der Waals surface area contributed by atoms with Crippen LogP contribution in [0.3, 0.4) is 0 Å². The van der Waals surface area contributed by atoms with Gasteiger partial charge in [0.2, 0.25) is 0 Å². The Balaban J connectivity index is 3.35. The Labute approximate surface area is 78.3 Å². The van der Waals surface area contributed by atoms with Gasteiger partial charge in [0.25, 0.3) is 0 Å².